The maximum absolute atomic E-state index is 13.9. The summed E-state index contributed by atoms with van der Waals surface area (Å²) in [5.74, 6) is -0.430. The fourth-order valence-corrected chi connectivity index (χ4v) is 6.26. The first-order chi connectivity index (χ1) is 18.8. The Kier molecular flexibility index (Phi) is 8.00. The zero-order valence-electron chi connectivity index (χ0n) is 22.2. The van der Waals surface area contributed by atoms with Gasteiger partial charge in [-0.1, -0.05) is 18.2 Å². The molecule has 1 saturated heterocycles. The van der Waals surface area contributed by atoms with E-state index < -0.39 is 11.9 Å². The standard InChI is InChI=1S/C30H32BrNO7/c1-16-26(30(35)39-15-19-7-6-10-38-19)27(18-11-21(31)29(34)25(14-18)37-3)28-22(32-16)12-17(13-23(28)33)20-8-4-5-9-24(20)36-2/h4-5,8-9,11,14,17,19,27,32,34H,6-7,10,12-13,15H2,1-3H3/t17-,19-,27-/m0/s1. The Labute approximate surface area is 236 Å². The zero-order chi connectivity index (χ0) is 27.7. The SMILES string of the molecule is COc1ccccc1[C@@H]1CC(=O)C2=C(C1)NC(C)=C(C(=O)OC[C@@H]1CCCO1)[C@@H]2c1cc(Br)c(O)c(OC)c1. The fraction of sp³-hybridized carbons (Fsp3) is 0.400. The molecule has 0 aromatic heterocycles. The molecule has 1 fully saturated rings. The number of hydrogen-bond donors (Lipinski definition) is 2. The van der Waals surface area contributed by atoms with E-state index in [4.69, 9.17) is 18.9 Å². The second kappa shape index (κ2) is 11.4. The van der Waals surface area contributed by atoms with E-state index in [1.165, 1.54) is 7.11 Å². The van der Waals surface area contributed by atoms with Gasteiger partial charge in [-0.15, -0.1) is 0 Å². The number of esters is 1. The fourth-order valence-electron chi connectivity index (χ4n) is 5.80. The number of carbonyl (C=O) groups excluding carboxylic acids is 2. The number of Topliss-reactive ketones (excluding diaryl/α,β-unsaturated/α-hetero) is 1. The van der Waals surface area contributed by atoms with Gasteiger partial charge in [0.05, 0.1) is 30.4 Å². The van der Waals surface area contributed by atoms with E-state index in [0.29, 0.717) is 39.9 Å². The van der Waals surface area contributed by atoms with Crippen LogP contribution in [-0.4, -0.2) is 50.4 Å². The van der Waals surface area contributed by atoms with Gasteiger partial charge in [-0.2, -0.15) is 0 Å². The molecule has 2 aliphatic heterocycles. The van der Waals surface area contributed by atoms with Crippen molar-refractivity contribution in [3.8, 4) is 17.2 Å². The van der Waals surface area contributed by atoms with Crippen LogP contribution in [-0.2, 0) is 19.1 Å². The van der Waals surface area contributed by atoms with E-state index >= 15 is 0 Å². The smallest absolute Gasteiger partial charge is 0.336 e. The molecule has 0 unspecified atom stereocenters. The maximum Gasteiger partial charge on any atom is 0.336 e. The van der Waals surface area contributed by atoms with Crippen LogP contribution in [0.2, 0.25) is 0 Å². The number of rotatable bonds is 7. The number of nitrogens with one attached hydrogen (secondary N) is 1. The average Bonchev–Trinajstić information content (AvgIpc) is 3.46. The quantitative estimate of drug-likeness (QED) is 0.417. The Balaban J connectivity index is 1.57. The summed E-state index contributed by atoms with van der Waals surface area (Å²) >= 11 is 3.40. The summed E-state index contributed by atoms with van der Waals surface area (Å²) in [5.41, 5.74) is 3.87. The number of para-hydroxylation sites is 1. The zero-order valence-corrected chi connectivity index (χ0v) is 23.8. The molecule has 8 nitrogen and oxygen atoms in total. The predicted molar refractivity (Wildman–Crippen MR) is 148 cm³/mol. The Morgan fingerprint density at radius 3 is 2.64 bits per heavy atom. The molecule has 0 amide bonds. The number of methoxy groups -OCH3 is 2. The Bertz CT molecular complexity index is 1360. The van der Waals surface area contributed by atoms with Crippen molar-refractivity contribution < 1.29 is 33.6 Å². The van der Waals surface area contributed by atoms with E-state index in [2.05, 4.69) is 21.2 Å². The average molecular weight is 598 g/mol. The Morgan fingerprint density at radius 2 is 1.92 bits per heavy atom. The number of phenols is 1. The molecule has 3 aliphatic rings. The Hall–Kier alpha value is -3.30. The molecule has 2 aromatic rings. The number of aromatic hydroxyl groups is 1. The van der Waals surface area contributed by atoms with Crippen molar-refractivity contribution in [3.05, 3.63) is 74.5 Å². The monoisotopic (exact) mass is 597 g/mol. The van der Waals surface area contributed by atoms with E-state index in [1.54, 1.807) is 19.2 Å². The van der Waals surface area contributed by atoms with Gasteiger partial charge in [-0.05, 0) is 71.4 Å². The normalized spacial score (nSPS) is 22.9. The molecular formula is C30H32BrNO7. The molecule has 1 aliphatic carbocycles. The third-order valence-electron chi connectivity index (χ3n) is 7.65. The molecule has 0 bridgehead atoms. The number of carbonyl (C=O) groups is 2. The number of dihydropyridines is 1. The molecule has 2 aromatic carbocycles. The lowest BCUT2D eigenvalue weighted by Crippen LogP contribution is -2.36. The van der Waals surface area contributed by atoms with Crippen LogP contribution in [0, 0.1) is 0 Å². The largest absolute Gasteiger partial charge is 0.503 e. The lowest BCUT2D eigenvalue weighted by molar-refractivity contribution is -0.142. The summed E-state index contributed by atoms with van der Waals surface area (Å²) in [5, 5.41) is 13.8. The summed E-state index contributed by atoms with van der Waals surface area (Å²) in [6.45, 7) is 2.64. The minimum Gasteiger partial charge on any atom is -0.503 e. The van der Waals surface area contributed by atoms with Gasteiger partial charge < -0.3 is 29.4 Å². The minimum atomic E-state index is -0.699. The first-order valence-electron chi connectivity index (χ1n) is 13.0. The highest BCUT2D eigenvalue weighted by molar-refractivity contribution is 9.10. The molecule has 206 valence electrons. The third kappa shape index (κ3) is 5.30. The van der Waals surface area contributed by atoms with Crippen molar-refractivity contribution in [3.63, 3.8) is 0 Å². The highest BCUT2D eigenvalue weighted by atomic mass is 79.9. The molecule has 9 heteroatoms. The van der Waals surface area contributed by atoms with Crippen LogP contribution in [0.25, 0.3) is 0 Å². The summed E-state index contributed by atoms with van der Waals surface area (Å²) in [4.78, 5) is 27.5. The predicted octanol–water partition coefficient (Wildman–Crippen LogP) is 5.26. The number of hydrogen-bond acceptors (Lipinski definition) is 8. The van der Waals surface area contributed by atoms with Crippen LogP contribution in [0.1, 0.15) is 55.6 Å². The van der Waals surface area contributed by atoms with Crippen molar-refractivity contribution in [2.24, 2.45) is 0 Å². The maximum atomic E-state index is 13.9. The molecule has 0 saturated carbocycles. The summed E-state index contributed by atoms with van der Waals surface area (Å²) in [6, 6.07) is 11.1. The van der Waals surface area contributed by atoms with Crippen molar-refractivity contribution >= 4 is 27.7 Å². The van der Waals surface area contributed by atoms with Gasteiger partial charge in [0.2, 0.25) is 0 Å². The lowest BCUT2D eigenvalue weighted by Gasteiger charge is -2.37. The summed E-state index contributed by atoms with van der Waals surface area (Å²) < 4.78 is 22.7. The number of allylic oxidation sites excluding steroid dienone is 3. The molecule has 2 heterocycles. The molecule has 3 atom stereocenters. The van der Waals surface area contributed by atoms with Crippen LogP contribution in [0.15, 0.2) is 63.4 Å². The molecule has 39 heavy (non-hydrogen) atoms. The van der Waals surface area contributed by atoms with Crippen LogP contribution < -0.4 is 14.8 Å². The first kappa shape index (κ1) is 27.3. The van der Waals surface area contributed by atoms with Gasteiger partial charge >= 0.3 is 5.97 Å². The van der Waals surface area contributed by atoms with Gasteiger partial charge in [-0.25, -0.2) is 4.79 Å². The minimum absolute atomic E-state index is 0.0567. The molecule has 0 radical (unpaired) electrons. The summed E-state index contributed by atoms with van der Waals surface area (Å²) in [7, 11) is 3.08. The molecule has 0 spiro atoms. The first-order valence-corrected chi connectivity index (χ1v) is 13.8. The van der Waals surface area contributed by atoms with Gasteiger partial charge in [0.25, 0.3) is 0 Å². The van der Waals surface area contributed by atoms with Gasteiger partial charge in [0, 0.05) is 41.8 Å². The highest BCUT2D eigenvalue weighted by Gasteiger charge is 2.42. The number of ether oxygens (including phenoxy) is 4. The molecule has 2 N–H and O–H groups in total. The van der Waals surface area contributed by atoms with E-state index in [1.807, 2.05) is 31.2 Å². The lowest BCUT2D eigenvalue weighted by atomic mass is 9.71. The van der Waals surface area contributed by atoms with Crippen molar-refractivity contribution in [2.45, 2.75) is 50.5 Å². The number of phenolic OH excluding ortho intramolecular Hbond substituents is 1. The van der Waals surface area contributed by atoms with Crippen molar-refractivity contribution in [2.75, 3.05) is 27.4 Å². The van der Waals surface area contributed by atoms with Gasteiger partial charge in [-0.3, -0.25) is 4.79 Å². The van der Waals surface area contributed by atoms with E-state index in [-0.39, 0.29) is 42.3 Å². The van der Waals surface area contributed by atoms with Crippen molar-refractivity contribution in [1.29, 1.82) is 0 Å². The molecule has 5 rings (SSSR count). The number of benzene rings is 2. The van der Waals surface area contributed by atoms with Crippen LogP contribution in [0.5, 0.6) is 17.2 Å². The van der Waals surface area contributed by atoms with Crippen LogP contribution in [0.3, 0.4) is 0 Å². The number of halogens is 1. The second-order valence-electron chi connectivity index (χ2n) is 10.0. The topological polar surface area (TPSA) is 103 Å². The van der Waals surface area contributed by atoms with Gasteiger partial charge in [0.1, 0.15) is 12.4 Å². The van der Waals surface area contributed by atoms with Crippen LogP contribution >= 0.6 is 15.9 Å². The van der Waals surface area contributed by atoms with E-state index in [0.717, 1.165) is 29.9 Å². The van der Waals surface area contributed by atoms with E-state index in [9.17, 15) is 14.7 Å². The second-order valence-corrected chi connectivity index (χ2v) is 10.9. The summed E-state index contributed by atoms with van der Waals surface area (Å²) in [6.07, 6.45) is 2.50. The van der Waals surface area contributed by atoms with Crippen LogP contribution in [0.4, 0.5) is 0 Å². The van der Waals surface area contributed by atoms with Crippen molar-refractivity contribution in [1.82, 2.24) is 5.32 Å². The third-order valence-corrected chi connectivity index (χ3v) is 8.26. The molecular weight excluding hydrogens is 566 g/mol. The van der Waals surface area contributed by atoms with Gasteiger partial charge in [0.15, 0.2) is 17.3 Å². The number of ketones is 1. The Morgan fingerprint density at radius 1 is 1.15 bits per heavy atom. The highest BCUT2D eigenvalue weighted by Crippen LogP contribution is 2.49.